The number of rotatable bonds is 1. The molecule has 0 saturated heterocycles. The van der Waals surface area contributed by atoms with Crippen molar-refractivity contribution in [1.82, 2.24) is 4.57 Å². The number of hydrogen-bond acceptors (Lipinski definition) is 3. The van der Waals surface area contributed by atoms with Gasteiger partial charge >= 0.3 is 0 Å². The topological polar surface area (TPSA) is 47.5 Å². The molecule has 0 bridgehead atoms. The molecule has 0 aliphatic heterocycles. The van der Waals surface area contributed by atoms with Crippen molar-refractivity contribution < 1.29 is 4.42 Å². The molecular weight excluding hydrogens is 240 g/mol. The lowest BCUT2D eigenvalue weighted by Gasteiger charge is -2.24. The third-order valence-corrected chi connectivity index (χ3v) is 3.39. The van der Waals surface area contributed by atoms with Gasteiger partial charge in [0.2, 0.25) is 0 Å². The van der Waals surface area contributed by atoms with Crippen LogP contribution in [0.5, 0.6) is 0 Å². The van der Waals surface area contributed by atoms with Gasteiger partial charge in [0.15, 0.2) is 0 Å². The van der Waals surface area contributed by atoms with Gasteiger partial charge in [-0.3, -0.25) is 9.36 Å². The van der Waals surface area contributed by atoms with Crippen molar-refractivity contribution >= 4 is 0 Å². The smallest absolute Gasteiger partial charge is 0.300 e. The Balaban J connectivity index is 2.58. The van der Waals surface area contributed by atoms with Crippen molar-refractivity contribution in [3.05, 3.63) is 27.9 Å². The highest BCUT2D eigenvalue weighted by atomic mass is 16.3. The number of nitrogens with zero attached hydrogens (tertiary/aromatic N) is 2. The lowest BCUT2D eigenvalue weighted by atomic mass is 9.95. The molecule has 0 amide bonds. The molecule has 4 nitrogen and oxygen atoms in total. The first-order valence-corrected chi connectivity index (χ1v) is 7.16. The van der Waals surface area contributed by atoms with Crippen LogP contribution in [0.25, 0.3) is 0 Å². The molecule has 0 spiro atoms. The SMILES string of the molecule is Cc1cc(=O)n(C2CCCCC2)c(=NC(C)(C)C)o1. The number of aryl methyl sites for hydroxylation is 1. The van der Waals surface area contributed by atoms with Crippen LogP contribution in [-0.2, 0) is 0 Å². The van der Waals surface area contributed by atoms with E-state index in [1.807, 2.05) is 20.8 Å². The molecule has 0 unspecified atom stereocenters. The molecule has 4 heteroatoms. The molecule has 1 aromatic rings. The first kappa shape index (κ1) is 14.1. The summed E-state index contributed by atoms with van der Waals surface area (Å²) in [6.45, 7) is 7.84. The van der Waals surface area contributed by atoms with E-state index in [-0.39, 0.29) is 17.1 Å². The molecule has 0 N–H and O–H groups in total. The predicted octanol–water partition coefficient (Wildman–Crippen LogP) is 2.95. The van der Waals surface area contributed by atoms with Crippen LogP contribution in [0.2, 0.25) is 0 Å². The average Bonchev–Trinajstić information content (AvgIpc) is 2.27. The highest BCUT2D eigenvalue weighted by Gasteiger charge is 2.20. The third kappa shape index (κ3) is 3.58. The van der Waals surface area contributed by atoms with Crippen molar-refractivity contribution in [2.24, 2.45) is 4.99 Å². The minimum atomic E-state index is -0.250. The van der Waals surface area contributed by atoms with Gasteiger partial charge in [-0.1, -0.05) is 19.3 Å². The van der Waals surface area contributed by atoms with Gasteiger partial charge in [-0.05, 0) is 40.5 Å². The largest absolute Gasteiger partial charge is 0.430 e. The Bertz CT molecular complexity index is 555. The maximum Gasteiger partial charge on any atom is 0.300 e. The Kier molecular flexibility index (Phi) is 3.97. The lowest BCUT2D eigenvalue weighted by molar-refractivity contribution is 0.279. The molecule has 1 aromatic heterocycles. The van der Waals surface area contributed by atoms with Gasteiger partial charge in [0.05, 0.1) is 5.54 Å². The zero-order valence-corrected chi connectivity index (χ0v) is 12.4. The first-order chi connectivity index (χ1) is 8.87. The molecule has 0 radical (unpaired) electrons. The molecule has 106 valence electrons. The zero-order chi connectivity index (χ0) is 14.0. The quantitative estimate of drug-likeness (QED) is 0.783. The first-order valence-electron chi connectivity index (χ1n) is 7.16. The van der Waals surface area contributed by atoms with E-state index in [9.17, 15) is 4.79 Å². The van der Waals surface area contributed by atoms with Crippen LogP contribution in [0.1, 0.15) is 64.7 Å². The maximum absolute atomic E-state index is 12.3. The molecule has 1 fully saturated rings. The highest BCUT2D eigenvalue weighted by molar-refractivity contribution is 4.94. The predicted molar refractivity (Wildman–Crippen MR) is 75.1 cm³/mol. The molecule has 2 rings (SSSR count). The maximum atomic E-state index is 12.3. The Morgan fingerprint density at radius 3 is 2.47 bits per heavy atom. The van der Waals surface area contributed by atoms with E-state index in [1.165, 1.54) is 19.3 Å². The van der Waals surface area contributed by atoms with E-state index in [1.54, 1.807) is 17.6 Å². The minimum absolute atomic E-state index is 0.0126. The second kappa shape index (κ2) is 5.35. The summed E-state index contributed by atoms with van der Waals surface area (Å²) in [4.78, 5) is 16.9. The Labute approximate surface area is 114 Å². The molecule has 0 aromatic carbocycles. The summed E-state index contributed by atoms with van der Waals surface area (Å²) in [5, 5.41) is 0. The zero-order valence-electron chi connectivity index (χ0n) is 12.4. The van der Waals surface area contributed by atoms with Crippen molar-refractivity contribution in [2.45, 2.75) is 71.4 Å². The Morgan fingerprint density at radius 1 is 1.26 bits per heavy atom. The van der Waals surface area contributed by atoms with Gasteiger partial charge in [0, 0.05) is 12.1 Å². The second-order valence-corrected chi connectivity index (χ2v) is 6.42. The van der Waals surface area contributed by atoms with E-state index in [0.717, 1.165) is 12.8 Å². The standard InChI is InChI=1S/C15H24N2O2/c1-11-10-13(18)17(12-8-6-5-7-9-12)14(19-11)16-15(2,3)4/h10,12H,5-9H2,1-4H3. The molecule has 1 heterocycles. The highest BCUT2D eigenvalue weighted by Crippen LogP contribution is 2.25. The average molecular weight is 264 g/mol. The van der Waals surface area contributed by atoms with Gasteiger partial charge in [-0.15, -0.1) is 0 Å². The summed E-state index contributed by atoms with van der Waals surface area (Å²) in [5.41, 5.74) is 0.239. The van der Waals surface area contributed by atoms with Gasteiger partial charge < -0.3 is 4.42 Å². The van der Waals surface area contributed by atoms with Crippen LogP contribution in [0.4, 0.5) is 0 Å². The van der Waals surface area contributed by atoms with Gasteiger partial charge in [-0.25, -0.2) is 4.99 Å². The van der Waals surface area contributed by atoms with Crippen molar-refractivity contribution in [2.75, 3.05) is 0 Å². The van der Waals surface area contributed by atoms with E-state index in [2.05, 4.69) is 4.99 Å². The molecule has 1 saturated carbocycles. The van der Waals surface area contributed by atoms with Crippen molar-refractivity contribution in [3.63, 3.8) is 0 Å². The van der Waals surface area contributed by atoms with Crippen LogP contribution in [-0.4, -0.2) is 10.1 Å². The molecule has 1 aliphatic carbocycles. The van der Waals surface area contributed by atoms with E-state index < -0.39 is 0 Å². The fraction of sp³-hybridized carbons (Fsp3) is 0.733. The molecule has 1 aliphatic rings. The second-order valence-electron chi connectivity index (χ2n) is 6.42. The summed E-state index contributed by atoms with van der Waals surface area (Å²) in [7, 11) is 0. The molecular formula is C15H24N2O2. The summed E-state index contributed by atoms with van der Waals surface area (Å²) in [6, 6.07) is 1.81. The Hall–Kier alpha value is -1.32. The van der Waals surface area contributed by atoms with Gasteiger partial charge in [0.1, 0.15) is 5.76 Å². The number of hydrogen-bond donors (Lipinski definition) is 0. The van der Waals surface area contributed by atoms with Crippen molar-refractivity contribution in [1.29, 1.82) is 0 Å². The minimum Gasteiger partial charge on any atom is -0.430 e. The molecule has 19 heavy (non-hydrogen) atoms. The van der Waals surface area contributed by atoms with Crippen molar-refractivity contribution in [3.8, 4) is 0 Å². The summed E-state index contributed by atoms with van der Waals surface area (Å²) in [6.07, 6.45) is 5.72. The molecule has 0 atom stereocenters. The number of aromatic nitrogens is 1. The van der Waals surface area contributed by atoms with Crippen LogP contribution < -0.4 is 11.2 Å². The summed E-state index contributed by atoms with van der Waals surface area (Å²) < 4.78 is 7.48. The Morgan fingerprint density at radius 2 is 1.89 bits per heavy atom. The van der Waals surface area contributed by atoms with E-state index in [4.69, 9.17) is 4.42 Å². The van der Waals surface area contributed by atoms with Gasteiger partial charge in [0.25, 0.3) is 11.2 Å². The van der Waals surface area contributed by atoms with Crippen LogP contribution in [0, 0.1) is 6.92 Å². The fourth-order valence-electron chi connectivity index (χ4n) is 2.60. The monoisotopic (exact) mass is 264 g/mol. The summed E-state index contributed by atoms with van der Waals surface area (Å²) >= 11 is 0. The van der Waals surface area contributed by atoms with Crippen LogP contribution in [0.3, 0.4) is 0 Å². The summed E-state index contributed by atoms with van der Waals surface area (Å²) in [5.74, 6) is 0.625. The van der Waals surface area contributed by atoms with Gasteiger partial charge in [-0.2, -0.15) is 0 Å². The lowest BCUT2D eigenvalue weighted by Crippen LogP contribution is -2.39. The van der Waals surface area contributed by atoms with Crippen LogP contribution in [0.15, 0.2) is 20.3 Å². The van der Waals surface area contributed by atoms with E-state index >= 15 is 0 Å². The van der Waals surface area contributed by atoms with Crippen LogP contribution >= 0.6 is 0 Å². The normalized spacial score (nSPS) is 18.8. The third-order valence-electron chi connectivity index (χ3n) is 3.39. The van der Waals surface area contributed by atoms with E-state index in [0.29, 0.717) is 11.4 Å². The fourth-order valence-corrected chi connectivity index (χ4v) is 2.60.